The molecule has 0 saturated heterocycles. The topological polar surface area (TPSA) is 139 Å². The van der Waals surface area contributed by atoms with E-state index in [0.29, 0.717) is 5.41 Å². The number of carbonyl (C=O) groups is 1. The number of aldehydes is 1. The molecular weight excluding hydrogens is 577 g/mol. The second-order valence-electron chi connectivity index (χ2n) is 10.4. The van der Waals surface area contributed by atoms with Crippen molar-refractivity contribution >= 4 is 50.7 Å². The largest absolute Gasteiger partial charge is 0.400 e. The lowest BCUT2D eigenvalue weighted by atomic mass is 9.71. The van der Waals surface area contributed by atoms with E-state index in [1.54, 1.807) is 0 Å². The number of para-hydroxylation sites is 1. The Morgan fingerprint density at radius 1 is 1.12 bits per heavy atom. The van der Waals surface area contributed by atoms with Gasteiger partial charge in [-0.25, -0.2) is 4.98 Å². The van der Waals surface area contributed by atoms with Crippen LogP contribution in [0, 0.1) is 18.3 Å². The zero-order valence-electron chi connectivity index (χ0n) is 27.5. The van der Waals surface area contributed by atoms with Crippen molar-refractivity contribution in [1.29, 1.82) is 0 Å². The molecule has 4 aromatic rings. The number of pyridine rings is 1. The molecule has 1 atom stereocenters. The minimum absolute atomic E-state index is 0.356. The number of hydrogen-bond acceptors (Lipinski definition) is 10. The predicted octanol–water partition coefficient (Wildman–Crippen LogP) is 6.82. The summed E-state index contributed by atoms with van der Waals surface area (Å²) in [6.07, 6.45) is 4.33. The molecule has 0 aliphatic heterocycles. The normalized spacial score (nSPS) is 13.0. The third kappa shape index (κ3) is 14.9. The smallest absolute Gasteiger partial charge is 0.160 e. The molecule has 1 aliphatic carbocycles. The van der Waals surface area contributed by atoms with Crippen molar-refractivity contribution in [3.63, 3.8) is 0 Å². The van der Waals surface area contributed by atoms with Crippen LogP contribution in [-0.4, -0.2) is 55.0 Å². The van der Waals surface area contributed by atoms with Crippen molar-refractivity contribution in [2.75, 3.05) is 45.3 Å². The molecule has 0 radical (unpaired) electrons. The van der Waals surface area contributed by atoms with Gasteiger partial charge < -0.3 is 27.2 Å². The van der Waals surface area contributed by atoms with Crippen molar-refractivity contribution in [2.45, 2.75) is 60.8 Å². The summed E-state index contributed by atoms with van der Waals surface area (Å²) in [5, 5.41) is 15.9. The van der Waals surface area contributed by atoms with Crippen molar-refractivity contribution in [1.82, 2.24) is 14.7 Å². The molecule has 1 unspecified atom stereocenters. The quantitative estimate of drug-likeness (QED) is 0.155. The van der Waals surface area contributed by atoms with Gasteiger partial charge in [0.05, 0.1) is 16.3 Å². The third-order valence-corrected chi connectivity index (χ3v) is 8.19. The van der Waals surface area contributed by atoms with Crippen LogP contribution in [0.1, 0.15) is 67.7 Å². The average Bonchev–Trinajstić information content (AvgIpc) is 3.62. The number of anilines is 2. The van der Waals surface area contributed by atoms with E-state index in [-0.39, 0.29) is 0 Å². The Bertz CT molecular complexity index is 1250. The molecule has 3 aromatic heterocycles. The fourth-order valence-electron chi connectivity index (χ4n) is 3.99. The van der Waals surface area contributed by atoms with Crippen molar-refractivity contribution in [3.8, 4) is 0 Å². The first-order valence-electron chi connectivity index (χ1n) is 14.7. The van der Waals surface area contributed by atoms with E-state index in [1.165, 1.54) is 40.5 Å². The number of hydrogen-bond donors (Lipinski definition) is 5. The van der Waals surface area contributed by atoms with Crippen molar-refractivity contribution < 1.29 is 9.90 Å². The van der Waals surface area contributed by atoms with Gasteiger partial charge in [-0.1, -0.05) is 52.8 Å². The van der Waals surface area contributed by atoms with E-state index in [0.717, 1.165) is 77.4 Å². The Balaban J connectivity index is 0.000000610. The number of aryl methyl sites for hydroxylation is 2. The number of rotatable bonds is 4. The molecule has 3 heterocycles. The molecule has 240 valence electrons. The molecule has 10 heteroatoms. The highest BCUT2D eigenvalue weighted by atomic mass is 32.1. The van der Waals surface area contributed by atoms with Gasteiger partial charge in [0.2, 0.25) is 0 Å². The number of likely N-dealkylation sites (N-methyl/N-ethyl adjacent to an activating group) is 1. The number of carbonyl (C=O) groups excluding carboxylic acids is 1. The molecule has 0 spiro atoms. The van der Waals surface area contributed by atoms with Gasteiger partial charge in [0.1, 0.15) is 4.83 Å². The molecule has 0 bridgehead atoms. The first-order chi connectivity index (χ1) is 20.6. The standard InChI is InChI=1S/C16H19NOS.C7H9N.C4H6N2S.C3H10N2.C2H6.CH4O/c1-16(2,3)12-4-5-14-10(7-12)6-11-8-13(9-18)19-15(11)17-14;1-8-7-5-3-2-4-6-7;1-3-4(5)2-7-6-3;1-5-3-2-4;2*1-2/h6,8-9,12H,4-5,7H2,1-3H3;2-6,8H,1H3;2H,5H2,1H3;5H,2-4H2,1H3;1-2H3;2H,1H3. The summed E-state index contributed by atoms with van der Waals surface area (Å²) < 4.78 is 3.93. The van der Waals surface area contributed by atoms with Crippen LogP contribution in [0.25, 0.3) is 10.2 Å². The van der Waals surface area contributed by atoms with Crippen LogP contribution in [0.5, 0.6) is 0 Å². The summed E-state index contributed by atoms with van der Waals surface area (Å²) in [5.41, 5.74) is 16.3. The number of nitrogen functional groups attached to an aromatic ring is 1. The molecule has 43 heavy (non-hydrogen) atoms. The number of aromatic nitrogens is 2. The highest BCUT2D eigenvalue weighted by Gasteiger charge is 2.29. The fourth-order valence-corrected chi connectivity index (χ4v) is 5.44. The van der Waals surface area contributed by atoms with Crippen LogP contribution in [0.3, 0.4) is 0 Å². The summed E-state index contributed by atoms with van der Waals surface area (Å²) >= 11 is 2.89. The first-order valence-corrected chi connectivity index (χ1v) is 16.3. The van der Waals surface area contributed by atoms with Crippen LogP contribution >= 0.6 is 22.9 Å². The lowest BCUT2D eigenvalue weighted by Crippen LogP contribution is -2.27. The molecule has 1 aromatic carbocycles. The molecule has 8 nitrogen and oxygen atoms in total. The average molecular weight is 631 g/mol. The highest BCUT2D eigenvalue weighted by molar-refractivity contribution is 7.20. The Morgan fingerprint density at radius 2 is 1.77 bits per heavy atom. The SMILES string of the molecule is CC.CC(C)(C)C1CCc2nc3sc(C=O)cc3cc2C1.CNCCN.CNc1ccccc1.CO.Cc1nscc1N. The maximum Gasteiger partial charge on any atom is 0.160 e. The Morgan fingerprint density at radius 3 is 2.16 bits per heavy atom. The maximum absolute atomic E-state index is 10.9. The van der Waals surface area contributed by atoms with E-state index in [2.05, 4.69) is 41.8 Å². The third-order valence-electron chi connectivity index (χ3n) is 6.48. The van der Waals surface area contributed by atoms with Crippen LogP contribution in [0.4, 0.5) is 11.4 Å². The van der Waals surface area contributed by atoms with Gasteiger partial charge in [-0.3, -0.25) is 4.79 Å². The van der Waals surface area contributed by atoms with Gasteiger partial charge in [-0.05, 0) is 85.9 Å². The molecule has 0 amide bonds. The molecule has 1 aliphatic rings. The lowest BCUT2D eigenvalue weighted by Gasteiger charge is -2.34. The van der Waals surface area contributed by atoms with Crippen molar-refractivity contribution in [2.24, 2.45) is 17.1 Å². The summed E-state index contributed by atoms with van der Waals surface area (Å²) in [6.45, 7) is 14.5. The zero-order valence-corrected chi connectivity index (χ0v) is 29.2. The first kappa shape index (κ1) is 40.1. The lowest BCUT2D eigenvalue weighted by molar-refractivity contribution is 0.112. The molecule has 0 saturated carbocycles. The van der Waals surface area contributed by atoms with Crippen LogP contribution in [0.15, 0.2) is 47.8 Å². The summed E-state index contributed by atoms with van der Waals surface area (Å²) in [6, 6.07) is 14.3. The van der Waals surface area contributed by atoms with Gasteiger partial charge in [0.25, 0.3) is 0 Å². The Kier molecular flexibility index (Phi) is 21.1. The second-order valence-corrected chi connectivity index (χ2v) is 12.1. The number of thiophene rings is 1. The number of benzene rings is 1. The van der Waals surface area contributed by atoms with Crippen LogP contribution < -0.4 is 22.1 Å². The minimum Gasteiger partial charge on any atom is -0.400 e. The number of nitrogens with two attached hydrogens (primary N) is 2. The van der Waals surface area contributed by atoms with Gasteiger partial charge in [-0.15, -0.1) is 11.3 Å². The number of aliphatic hydroxyl groups excluding tert-OH is 1. The van der Waals surface area contributed by atoms with Gasteiger partial charge in [0.15, 0.2) is 6.29 Å². The Hall–Kier alpha value is -2.89. The van der Waals surface area contributed by atoms with Gasteiger partial charge in [0, 0.05) is 49.4 Å². The fraction of sp³-hybridized carbons (Fsp3) is 0.485. The van der Waals surface area contributed by atoms with Crippen molar-refractivity contribution in [3.05, 3.63) is 69.7 Å². The second kappa shape index (κ2) is 22.6. The summed E-state index contributed by atoms with van der Waals surface area (Å²) in [5.74, 6) is 0.725. The number of fused-ring (bicyclic) bond motifs is 2. The van der Waals surface area contributed by atoms with E-state index in [4.69, 9.17) is 21.6 Å². The van der Waals surface area contributed by atoms with Gasteiger partial charge >= 0.3 is 0 Å². The molecule has 5 rings (SSSR count). The Labute approximate surface area is 267 Å². The van der Waals surface area contributed by atoms with Gasteiger partial charge in [-0.2, -0.15) is 4.37 Å². The number of aliphatic hydroxyl groups is 1. The summed E-state index contributed by atoms with van der Waals surface area (Å²) in [4.78, 5) is 17.4. The minimum atomic E-state index is 0.356. The maximum atomic E-state index is 10.9. The van der Waals surface area contributed by atoms with E-state index >= 15 is 0 Å². The monoisotopic (exact) mass is 630 g/mol. The van der Waals surface area contributed by atoms with E-state index < -0.39 is 0 Å². The number of nitrogens with one attached hydrogen (secondary N) is 2. The zero-order chi connectivity index (χ0) is 32.8. The van der Waals surface area contributed by atoms with E-state index in [1.807, 2.05) is 76.6 Å². The molecular formula is C33H54N6O2S2. The summed E-state index contributed by atoms with van der Waals surface area (Å²) in [7, 11) is 4.79. The highest BCUT2D eigenvalue weighted by Crippen LogP contribution is 2.38. The molecule has 7 N–H and O–H groups in total. The van der Waals surface area contributed by atoms with Crippen LogP contribution in [-0.2, 0) is 12.8 Å². The van der Waals surface area contributed by atoms with Crippen LogP contribution in [0.2, 0.25) is 0 Å². The molecule has 0 fully saturated rings. The van der Waals surface area contributed by atoms with E-state index in [9.17, 15) is 4.79 Å². The number of nitrogens with zero attached hydrogens (tertiary/aromatic N) is 2. The predicted molar refractivity (Wildman–Crippen MR) is 190 cm³/mol.